The van der Waals surface area contributed by atoms with E-state index >= 15 is 0 Å². The van der Waals surface area contributed by atoms with E-state index in [-0.39, 0.29) is 16.6 Å². The van der Waals surface area contributed by atoms with Crippen molar-refractivity contribution >= 4 is 27.7 Å². The van der Waals surface area contributed by atoms with E-state index in [4.69, 9.17) is 10.4 Å². The Kier molecular flexibility index (Phi) is 4.59. The van der Waals surface area contributed by atoms with Crippen molar-refractivity contribution in [3.05, 3.63) is 57.8 Å². The molecule has 0 spiro atoms. The third kappa shape index (κ3) is 3.16. The Morgan fingerprint density at radius 2 is 1.89 bits per heavy atom. The number of benzene rings is 2. The SMILES string of the molecule is N#Cc1ccc(Sc2ccc(CO)cc2)c(F)c1Br. The zero-order valence-electron chi connectivity index (χ0n) is 9.73. The second-order valence-corrected chi connectivity index (χ2v) is 5.66. The van der Waals surface area contributed by atoms with Gasteiger partial charge in [0.15, 0.2) is 5.82 Å². The molecule has 1 N–H and O–H groups in total. The Labute approximate surface area is 123 Å². The van der Waals surface area contributed by atoms with E-state index in [1.54, 1.807) is 24.3 Å². The molecule has 0 bridgehead atoms. The molecule has 2 nitrogen and oxygen atoms in total. The molecular weight excluding hydrogens is 329 g/mol. The van der Waals surface area contributed by atoms with Crippen LogP contribution in [0.15, 0.2) is 50.7 Å². The van der Waals surface area contributed by atoms with Crippen LogP contribution in [0.25, 0.3) is 0 Å². The quantitative estimate of drug-likeness (QED) is 0.916. The largest absolute Gasteiger partial charge is 0.392 e. The van der Waals surface area contributed by atoms with Crippen LogP contribution in [0.2, 0.25) is 0 Å². The lowest BCUT2D eigenvalue weighted by Gasteiger charge is -2.06. The molecule has 0 atom stereocenters. The van der Waals surface area contributed by atoms with Crippen LogP contribution in [0.4, 0.5) is 4.39 Å². The molecule has 96 valence electrons. The zero-order chi connectivity index (χ0) is 13.8. The fourth-order valence-electron chi connectivity index (χ4n) is 1.49. The molecule has 2 rings (SSSR count). The maximum Gasteiger partial charge on any atom is 0.152 e. The van der Waals surface area contributed by atoms with Gasteiger partial charge in [0.2, 0.25) is 0 Å². The minimum absolute atomic E-state index is 0.0122. The first-order chi connectivity index (χ1) is 9.15. The molecule has 0 radical (unpaired) electrons. The Bertz CT molecular complexity index is 637. The van der Waals surface area contributed by atoms with Crippen LogP contribution in [-0.4, -0.2) is 5.11 Å². The van der Waals surface area contributed by atoms with E-state index in [1.807, 2.05) is 18.2 Å². The summed E-state index contributed by atoms with van der Waals surface area (Å²) in [7, 11) is 0. The summed E-state index contributed by atoms with van der Waals surface area (Å²) in [6, 6.07) is 12.3. The van der Waals surface area contributed by atoms with E-state index in [0.29, 0.717) is 4.90 Å². The summed E-state index contributed by atoms with van der Waals surface area (Å²) in [4.78, 5) is 1.32. The van der Waals surface area contributed by atoms with Gasteiger partial charge in [0, 0.05) is 9.79 Å². The molecule has 0 heterocycles. The highest BCUT2D eigenvalue weighted by molar-refractivity contribution is 9.10. The van der Waals surface area contributed by atoms with Gasteiger partial charge in [-0.05, 0) is 45.8 Å². The highest BCUT2D eigenvalue weighted by Crippen LogP contribution is 2.34. The van der Waals surface area contributed by atoms with Gasteiger partial charge in [-0.1, -0.05) is 23.9 Å². The number of hydrogen-bond acceptors (Lipinski definition) is 3. The number of rotatable bonds is 3. The Morgan fingerprint density at radius 1 is 1.21 bits per heavy atom. The molecule has 19 heavy (non-hydrogen) atoms. The Morgan fingerprint density at radius 3 is 2.47 bits per heavy atom. The molecule has 0 aliphatic heterocycles. The van der Waals surface area contributed by atoms with E-state index < -0.39 is 5.82 Å². The van der Waals surface area contributed by atoms with Crippen molar-refractivity contribution < 1.29 is 9.50 Å². The highest BCUT2D eigenvalue weighted by atomic mass is 79.9. The van der Waals surface area contributed by atoms with Crippen LogP contribution >= 0.6 is 27.7 Å². The lowest BCUT2D eigenvalue weighted by atomic mass is 10.2. The predicted octanol–water partition coefficient (Wildman–Crippen LogP) is 4.10. The molecule has 0 amide bonds. The van der Waals surface area contributed by atoms with Crippen molar-refractivity contribution in [2.24, 2.45) is 0 Å². The highest BCUT2D eigenvalue weighted by Gasteiger charge is 2.12. The Hall–Kier alpha value is -1.35. The maximum absolute atomic E-state index is 14.0. The van der Waals surface area contributed by atoms with E-state index in [0.717, 1.165) is 10.5 Å². The first kappa shape index (κ1) is 14.1. The van der Waals surface area contributed by atoms with Gasteiger partial charge in [0.25, 0.3) is 0 Å². The van der Waals surface area contributed by atoms with E-state index in [1.165, 1.54) is 11.8 Å². The average Bonchev–Trinajstić information content (AvgIpc) is 2.45. The lowest BCUT2D eigenvalue weighted by molar-refractivity contribution is 0.282. The third-order valence-electron chi connectivity index (χ3n) is 2.50. The second-order valence-electron chi connectivity index (χ2n) is 3.76. The van der Waals surface area contributed by atoms with Crippen LogP contribution in [0, 0.1) is 17.1 Å². The fourth-order valence-corrected chi connectivity index (χ4v) is 2.91. The number of nitrogens with zero attached hydrogens (tertiary/aromatic N) is 1. The number of aliphatic hydroxyl groups is 1. The van der Waals surface area contributed by atoms with Crippen LogP contribution in [0.1, 0.15) is 11.1 Å². The number of nitriles is 1. The second kappa shape index (κ2) is 6.20. The molecule has 0 saturated heterocycles. The van der Waals surface area contributed by atoms with Crippen LogP contribution < -0.4 is 0 Å². The standard InChI is InChI=1S/C14H9BrFNOS/c15-13-10(7-17)3-6-12(14(13)16)19-11-4-1-9(8-18)2-5-11/h1-6,18H,8H2. The van der Waals surface area contributed by atoms with Crippen molar-refractivity contribution in [3.63, 3.8) is 0 Å². The summed E-state index contributed by atoms with van der Waals surface area (Å²) < 4.78 is 14.2. The first-order valence-electron chi connectivity index (χ1n) is 5.41. The average molecular weight is 338 g/mol. The summed E-state index contributed by atoms with van der Waals surface area (Å²) in [6.45, 7) is -0.0122. The molecular formula is C14H9BrFNOS. The fraction of sp³-hybridized carbons (Fsp3) is 0.0714. The number of aliphatic hydroxyl groups excluding tert-OH is 1. The van der Waals surface area contributed by atoms with Gasteiger partial charge in [-0.15, -0.1) is 0 Å². The van der Waals surface area contributed by atoms with Crippen molar-refractivity contribution in [1.82, 2.24) is 0 Å². The van der Waals surface area contributed by atoms with Gasteiger partial charge >= 0.3 is 0 Å². The summed E-state index contributed by atoms with van der Waals surface area (Å²) in [5, 5.41) is 17.8. The molecule has 2 aromatic carbocycles. The molecule has 2 aromatic rings. The first-order valence-corrected chi connectivity index (χ1v) is 7.02. The van der Waals surface area contributed by atoms with E-state index in [2.05, 4.69) is 15.9 Å². The minimum atomic E-state index is -0.435. The smallest absolute Gasteiger partial charge is 0.152 e. The van der Waals surface area contributed by atoms with Gasteiger partial charge in [0.05, 0.1) is 16.6 Å². The summed E-state index contributed by atoms with van der Waals surface area (Å²) in [5.41, 5.74) is 1.09. The van der Waals surface area contributed by atoms with Gasteiger partial charge in [-0.3, -0.25) is 0 Å². The maximum atomic E-state index is 14.0. The molecule has 0 fully saturated rings. The third-order valence-corrected chi connectivity index (χ3v) is 4.32. The lowest BCUT2D eigenvalue weighted by Crippen LogP contribution is -1.88. The van der Waals surface area contributed by atoms with Gasteiger partial charge in [-0.25, -0.2) is 4.39 Å². The van der Waals surface area contributed by atoms with Crippen molar-refractivity contribution in [3.8, 4) is 6.07 Å². The van der Waals surface area contributed by atoms with Crippen molar-refractivity contribution in [2.75, 3.05) is 0 Å². The summed E-state index contributed by atoms with van der Waals surface area (Å²) in [6.07, 6.45) is 0. The molecule has 5 heteroatoms. The summed E-state index contributed by atoms with van der Waals surface area (Å²) >= 11 is 4.35. The normalized spacial score (nSPS) is 10.2. The number of halogens is 2. The van der Waals surface area contributed by atoms with Crippen LogP contribution in [0.5, 0.6) is 0 Å². The monoisotopic (exact) mass is 337 g/mol. The molecule has 0 unspecified atom stereocenters. The zero-order valence-corrected chi connectivity index (χ0v) is 12.1. The van der Waals surface area contributed by atoms with Gasteiger partial charge < -0.3 is 5.11 Å². The topological polar surface area (TPSA) is 44.0 Å². The Balaban J connectivity index is 2.28. The van der Waals surface area contributed by atoms with Crippen molar-refractivity contribution in [1.29, 1.82) is 5.26 Å². The van der Waals surface area contributed by atoms with Gasteiger partial charge in [-0.2, -0.15) is 5.26 Å². The van der Waals surface area contributed by atoms with Crippen molar-refractivity contribution in [2.45, 2.75) is 16.4 Å². The number of hydrogen-bond donors (Lipinski definition) is 1. The molecule has 0 aliphatic rings. The minimum Gasteiger partial charge on any atom is -0.392 e. The van der Waals surface area contributed by atoms with Crippen LogP contribution in [0.3, 0.4) is 0 Å². The van der Waals surface area contributed by atoms with E-state index in [9.17, 15) is 4.39 Å². The molecule has 0 aromatic heterocycles. The molecule has 0 aliphatic carbocycles. The van der Waals surface area contributed by atoms with Gasteiger partial charge in [0.1, 0.15) is 6.07 Å². The summed E-state index contributed by atoms with van der Waals surface area (Å²) in [5.74, 6) is -0.435. The predicted molar refractivity (Wildman–Crippen MR) is 75.3 cm³/mol. The van der Waals surface area contributed by atoms with Crippen LogP contribution in [-0.2, 0) is 6.61 Å². The molecule has 0 saturated carbocycles.